The number of hydrogen-bond donors (Lipinski definition) is 4. The van der Waals surface area contributed by atoms with Crippen LogP contribution < -0.4 is 14.5 Å². The number of aromatic hydroxyl groups is 1. The number of ether oxygens (including phenoxy) is 1. The molecule has 1 atom stereocenters. The maximum Gasteiger partial charge on any atom is 0.235 e. The van der Waals surface area contributed by atoms with Crippen LogP contribution in [0.1, 0.15) is 16.5 Å². The topological polar surface area (TPSA) is 88.8 Å². The smallest absolute Gasteiger partial charge is 0.235 e. The number of hydrogen-bond acceptors (Lipinski definition) is 6. The second-order valence-electron chi connectivity index (χ2n) is 6.84. The lowest BCUT2D eigenvalue weighted by Crippen LogP contribution is -3.28. The second kappa shape index (κ2) is 7.81. The quantitative estimate of drug-likeness (QED) is 0.405. The third kappa shape index (κ3) is 3.51. The zero-order valence-electron chi connectivity index (χ0n) is 15.3. The maximum absolute atomic E-state index is 10.8. The molecule has 144 valence electrons. The molecule has 4 rings (SSSR count). The molecule has 3 aromatic rings. The fraction of sp³-hybridized carbons (Fsp3) is 0.444. The van der Waals surface area contributed by atoms with Crippen LogP contribution in [0.2, 0.25) is 0 Å². The van der Waals surface area contributed by atoms with Crippen molar-refractivity contribution in [2.45, 2.75) is 6.04 Å². The minimum absolute atomic E-state index is 0.00993. The molecule has 0 unspecified atom stereocenters. The van der Waals surface area contributed by atoms with E-state index in [4.69, 9.17) is 4.74 Å². The third-order valence-electron chi connectivity index (χ3n) is 5.30. The lowest BCUT2D eigenvalue weighted by molar-refractivity contribution is -1.02. The van der Waals surface area contributed by atoms with E-state index in [0.29, 0.717) is 4.96 Å². The van der Waals surface area contributed by atoms with Gasteiger partial charge in [-0.1, -0.05) is 23.5 Å². The first-order valence-corrected chi connectivity index (χ1v) is 9.97. The zero-order valence-corrected chi connectivity index (χ0v) is 16.1. The van der Waals surface area contributed by atoms with Gasteiger partial charge in [-0.2, -0.15) is 9.61 Å². The highest BCUT2D eigenvalue weighted by molar-refractivity contribution is 7.17. The number of aromatic nitrogens is 3. The van der Waals surface area contributed by atoms with E-state index in [2.05, 4.69) is 16.1 Å². The minimum Gasteiger partial charge on any atom is -0.497 e. The first-order chi connectivity index (χ1) is 13.2. The van der Waals surface area contributed by atoms with Crippen LogP contribution in [0.15, 0.2) is 30.6 Å². The number of thiazole rings is 1. The summed E-state index contributed by atoms with van der Waals surface area (Å²) in [5.41, 5.74) is 1.11. The Hall–Kier alpha value is -2.20. The molecule has 27 heavy (non-hydrogen) atoms. The predicted molar refractivity (Wildman–Crippen MR) is 101 cm³/mol. The Morgan fingerprint density at radius 1 is 1.30 bits per heavy atom. The van der Waals surface area contributed by atoms with E-state index >= 15 is 0 Å². The van der Waals surface area contributed by atoms with Crippen LogP contribution in [0.5, 0.6) is 11.6 Å². The molecule has 0 bridgehead atoms. The number of aliphatic hydroxyl groups excluding tert-OH is 1. The lowest BCUT2D eigenvalue weighted by atomic mass is 10.0. The van der Waals surface area contributed by atoms with Gasteiger partial charge in [0.05, 0.1) is 13.7 Å². The van der Waals surface area contributed by atoms with Crippen LogP contribution in [-0.4, -0.2) is 71.3 Å². The fourth-order valence-corrected chi connectivity index (χ4v) is 5.01. The van der Waals surface area contributed by atoms with E-state index in [1.165, 1.54) is 32.0 Å². The van der Waals surface area contributed by atoms with Crippen LogP contribution >= 0.6 is 11.3 Å². The van der Waals surface area contributed by atoms with Crippen molar-refractivity contribution in [3.05, 3.63) is 41.0 Å². The number of fused-ring (bicyclic) bond motifs is 1. The summed E-state index contributed by atoms with van der Waals surface area (Å²) < 4.78 is 6.92. The van der Waals surface area contributed by atoms with Crippen LogP contribution in [0.3, 0.4) is 0 Å². The highest BCUT2D eigenvalue weighted by Crippen LogP contribution is 2.35. The Labute approximate surface area is 161 Å². The summed E-state index contributed by atoms with van der Waals surface area (Å²) in [7, 11) is 1.67. The summed E-state index contributed by atoms with van der Waals surface area (Å²) >= 11 is 1.48. The number of aliphatic hydroxyl groups is 1. The van der Waals surface area contributed by atoms with E-state index in [1.807, 2.05) is 18.2 Å². The van der Waals surface area contributed by atoms with Gasteiger partial charge in [0, 0.05) is 5.56 Å². The molecular weight excluding hydrogens is 366 g/mol. The van der Waals surface area contributed by atoms with Crippen LogP contribution in [0.25, 0.3) is 4.96 Å². The Morgan fingerprint density at radius 3 is 2.81 bits per heavy atom. The molecule has 1 fully saturated rings. The highest BCUT2D eigenvalue weighted by Gasteiger charge is 2.36. The number of nitrogens with one attached hydrogen (secondary N) is 2. The summed E-state index contributed by atoms with van der Waals surface area (Å²) in [6, 6.07) is 8.04. The van der Waals surface area contributed by atoms with Crippen molar-refractivity contribution in [3.63, 3.8) is 0 Å². The monoisotopic (exact) mass is 391 g/mol. The number of nitrogens with zero attached hydrogens (tertiary/aromatic N) is 3. The van der Waals surface area contributed by atoms with Crippen LogP contribution in [0, 0.1) is 0 Å². The van der Waals surface area contributed by atoms with Crippen LogP contribution in [0.4, 0.5) is 0 Å². The van der Waals surface area contributed by atoms with E-state index in [9.17, 15) is 10.2 Å². The molecule has 0 saturated carbocycles. The summed E-state index contributed by atoms with van der Waals surface area (Å²) in [5.74, 6) is 0.971. The van der Waals surface area contributed by atoms with Gasteiger partial charge in [-0.3, -0.25) is 0 Å². The van der Waals surface area contributed by atoms with Crippen molar-refractivity contribution >= 4 is 16.3 Å². The van der Waals surface area contributed by atoms with Gasteiger partial charge in [0.15, 0.2) is 6.04 Å². The standard InChI is InChI=1S/C18H23N5O3S/c1-26-14-4-2-3-13(11-14)15(22-7-5-21(6-8-22)9-10-24)16-17(25)23-18(27-16)19-12-20-23/h2-4,11-12,15,24-25H,5-10H2,1H3/p+2/t15-/m1/s1. The van der Waals surface area contributed by atoms with Gasteiger partial charge < -0.3 is 24.7 Å². The molecule has 0 aliphatic carbocycles. The molecule has 4 N–H and O–H groups in total. The van der Waals surface area contributed by atoms with Crippen molar-refractivity contribution < 1.29 is 24.7 Å². The molecular formula is C18H25N5O3S+2. The number of piperazine rings is 1. The Bertz CT molecular complexity index is 903. The Kier molecular flexibility index (Phi) is 5.26. The normalized spacial score (nSPS) is 21.4. The van der Waals surface area contributed by atoms with Gasteiger partial charge >= 0.3 is 0 Å². The Morgan fingerprint density at radius 2 is 2.11 bits per heavy atom. The van der Waals surface area contributed by atoms with Gasteiger partial charge in [-0.25, -0.2) is 4.98 Å². The zero-order chi connectivity index (χ0) is 18.8. The van der Waals surface area contributed by atoms with Crippen LogP contribution in [-0.2, 0) is 0 Å². The van der Waals surface area contributed by atoms with Gasteiger partial charge in [0.25, 0.3) is 0 Å². The fourth-order valence-electron chi connectivity index (χ4n) is 3.90. The molecule has 9 heteroatoms. The summed E-state index contributed by atoms with van der Waals surface area (Å²) in [5, 5.41) is 24.1. The van der Waals surface area contributed by atoms with Crippen molar-refractivity contribution in [2.75, 3.05) is 46.4 Å². The van der Waals surface area contributed by atoms with Gasteiger partial charge in [0.2, 0.25) is 10.8 Å². The van der Waals surface area contributed by atoms with Gasteiger partial charge in [-0.05, 0) is 12.1 Å². The average molecular weight is 391 g/mol. The number of benzene rings is 1. The summed E-state index contributed by atoms with van der Waals surface area (Å²) in [6.07, 6.45) is 1.46. The van der Waals surface area contributed by atoms with Gasteiger partial charge in [-0.15, -0.1) is 0 Å². The molecule has 2 aromatic heterocycles. The van der Waals surface area contributed by atoms with E-state index in [0.717, 1.165) is 48.9 Å². The molecule has 0 amide bonds. The first-order valence-electron chi connectivity index (χ1n) is 9.15. The molecule has 8 nitrogen and oxygen atoms in total. The number of rotatable bonds is 6. The third-order valence-corrected chi connectivity index (χ3v) is 6.40. The lowest BCUT2D eigenvalue weighted by Gasteiger charge is -2.34. The first kappa shape index (κ1) is 18.2. The van der Waals surface area contributed by atoms with E-state index in [1.54, 1.807) is 7.11 Å². The van der Waals surface area contributed by atoms with Crippen molar-refractivity contribution in [1.82, 2.24) is 14.6 Å². The van der Waals surface area contributed by atoms with E-state index in [-0.39, 0.29) is 18.5 Å². The second-order valence-corrected chi connectivity index (χ2v) is 7.84. The molecule has 1 saturated heterocycles. The van der Waals surface area contributed by atoms with Gasteiger partial charge in [0.1, 0.15) is 49.7 Å². The summed E-state index contributed by atoms with van der Waals surface area (Å²) in [6.45, 7) is 4.93. The Balaban J connectivity index is 1.71. The number of methoxy groups -OCH3 is 1. The van der Waals surface area contributed by atoms with Crippen molar-refractivity contribution in [3.8, 4) is 11.6 Å². The molecule has 0 spiro atoms. The minimum atomic E-state index is -0.00993. The molecule has 0 radical (unpaired) electrons. The number of quaternary nitrogens is 2. The largest absolute Gasteiger partial charge is 0.497 e. The SMILES string of the molecule is COc1cccc([C@H](c2sc3ncnn3c2O)[NH+]2CC[NH+](CCO)CC2)c1. The molecule has 3 heterocycles. The molecule has 1 aliphatic rings. The van der Waals surface area contributed by atoms with Crippen molar-refractivity contribution in [2.24, 2.45) is 0 Å². The molecule has 1 aromatic carbocycles. The highest BCUT2D eigenvalue weighted by atomic mass is 32.1. The molecule has 1 aliphatic heterocycles. The average Bonchev–Trinajstić information content (AvgIpc) is 3.27. The summed E-state index contributed by atoms with van der Waals surface area (Å²) in [4.78, 5) is 8.63. The predicted octanol–water partition coefficient (Wildman–Crippen LogP) is -1.63. The van der Waals surface area contributed by atoms with E-state index < -0.39 is 0 Å². The van der Waals surface area contributed by atoms with Crippen molar-refractivity contribution in [1.29, 1.82) is 0 Å². The maximum atomic E-state index is 10.8.